The summed E-state index contributed by atoms with van der Waals surface area (Å²) in [5.74, 6) is 0.836. The molecular formula is C16H33N3O2. The summed E-state index contributed by atoms with van der Waals surface area (Å²) in [6, 6.07) is 0. The molecule has 0 spiro atoms. The molecule has 0 radical (unpaired) electrons. The van der Waals surface area contributed by atoms with E-state index >= 15 is 0 Å². The van der Waals surface area contributed by atoms with Gasteiger partial charge in [-0.3, -0.25) is 9.79 Å². The lowest BCUT2D eigenvalue weighted by Crippen LogP contribution is -2.37. The molecule has 21 heavy (non-hydrogen) atoms. The number of hydrogen-bond acceptors (Lipinski definition) is 3. The summed E-state index contributed by atoms with van der Waals surface area (Å²) in [5.41, 5.74) is 0. The molecule has 124 valence electrons. The molecule has 0 saturated carbocycles. The van der Waals surface area contributed by atoms with Gasteiger partial charge in [0.15, 0.2) is 5.96 Å². The molecule has 0 heterocycles. The molecule has 0 amide bonds. The maximum absolute atomic E-state index is 11.2. The second-order valence-corrected chi connectivity index (χ2v) is 5.01. The molecule has 0 bridgehead atoms. The first kappa shape index (κ1) is 19.7. The molecule has 0 aliphatic rings. The maximum atomic E-state index is 11.2. The van der Waals surface area contributed by atoms with Crippen LogP contribution in [0.4, 0.5) is 0 Å². The predicted molar refractivity (Wildman–Crippen MR) is 88.6 cm³/mol. The van der Waals surface area contributed by atoms with Gasteiger partial charge in [-0.15, -0.1) is 0 Å². The number of nitrogens with zero attached hydrogens (tertiary/aromatic N) is 1. The molecular weight excluding hydrogens is 266 g/mol. The molecule has 5 heteroatoms. The van der Waals surface area contributed by atoms with Crippen molar-refractivity contribution in [3.05, 3.63) is 0 Å². The van der Waals surface area contributed by atoms with E-state index in [0.29, 0.717) is 13.0 Å². The Bertz CT molecular complexity index is 281. The SMILES string of the molecule is CCCCNC(=NCCCCCCC(=O)OCC)NCC. The lowest BCUT2D eigenvalue weighted by atomic mass is 10.1. The molecule has 0 atom stereocenters. The summed E-state index contributed by atoms with van der Waals surface area (Å²) in [7, 11) is 0. The Kier molecular flexibility index (Phi) is 14.2. The van der Waals surface area contributed by atoms with Crippen LogP contribution < -0.4 is 10.6 Å². The summed E-state index contributed by atoms with van der Waals surface area (Å²) in [5, 5.41) is 6.58. The van der Waals surface area contributed by atoms with Crippen molar-refractivity contribution >= 4 is 11.9 Å². The zero-order valence-electron chi connectivity index (χ0n) is 14.0. The molecule has 0 saturated heterocycles. The minimum atomic E-state index is -0.0786. The maximum Gasteiger partial charge on any atom is 0.305 e. The van der Waals surface area contributed by atoms with Crippen LogP contribution in [0.5, 0.6) is 0 Å². The number of rotatable bonds is 12. The van der Waals surface area contributed by atoms with Gasteiger partial charge in [-0.2, -0.15) is 0 Å². The van der Waals surface area contributed by atoms with Gasteiger partial charge in [-0.25, -0.2) is 0 Å². The van der Waals surface area contributed by atoms with Crippen LogP contribution >= 0.6 is 0 Å². The van der Waals surface area contributed by atoms with Crippen molar-refractivity contribution in [3.8, 4) is 0 Å². The van der Waals surface area contributed by atoms with Gasteiger partial charge in [-0.1, -0.05) is 26.2 Å². The molecule has 0 fully saturated rings. The van der Waals surface area contributed by atoms with E-state index in [1.54, 1.807) is 0 Å². The third-order valence-corrected chi connectivity index (χ3v) is 3.03. The van der Waals surface area contributed by atoms with Crippen molar-refractivity contribution < 1.29 is 9.53 Å². The van der Waals surface area contributed by atoms with E-state index in [2.05, 4.69) is 29.5 Å². The van der Waals surface area contributed by atoms with Gasteiger partial charge in [-0.05, 0) is 33.1 Å². The Balaban J connectivity index is 3.62. The fraction of sp³-hybridized carbons (Fsp3) is 0.875. The zero-order chi connectivity index (χ0) is 15.8. The number of carbonyl (C=O) groups excluding carboxylic acids is 1. The highest BCUT2D eigenvalue weighted by atomic mass is 16.5. The molecule has 0 unspecified atom stereocenters. The van der Waals surface area contributed by atoms with Crippen LogP contribution in [0.25, 0.3) is 0 Å². The number of guanidine groups is 1. The molecule has 0 rings (SSSR count). The highest BCUT2D eigenvalue weighted by molar-refractivity contribution is 5.79. The number of hydrogen-bond donors (Lipinski definition) is 2. The summed E-state index contributed by atoms with van der Waals surface area (Å²) in [4.78, 5) is 15.7. The summed E-state index contributed by atoms with van der Waals surface area (Å²) in [6.45, 7) is 9.27. The van der Waals surface area contributed by atoms with Gasteiger partial charge in [0.25, 0.3) is 0 Å². The van der Waals surface area contributed by atoms with E-state index in [1.807, 2.05) is 6.92 Å². The summed E-state index contributed by atoms with van der Waals surface area (Å²) >= 11 is 0. The fourth-order valence-electron chi connectivity index (χ4n) is 1.88. The number of aliphatic imine (C=N–C) groups is 1. The second-order valence-electron chi connectivity index (χ2n) is 5.01. The van der Waals surface area contributed by atoms with Gasteiger partial charge < -0.3 is 15.4 Å². The van der Waals surface area contributed by atoms with Crippen LogP contribution in [0, 0.1) is 0 Å². The van der Waals surface area contributed by atoms with Crippen LogP contribution in [0.3, 0.4) is 0 Å². The fourth-order valence-corrected chi connectivity index (χ4v) is 1.88. The normalized spacial score (nSPS) is 11.3. The topological polar surface area (TPSA) is 62.7 Å². The van der Waals surface area contributed by atoms with Gasteiger partial charge in [0.1, 0.15) is 0 Å². The monoisotopic (exact) mass is 299 g/mol. The standard InChI is InChI=1S/C16H33N3O2/c1-4-7-13-18-16(17-5-2)19-14-11-9-8-10-12-15(20)21-6-3/h4-14H2,1-3H3,(H2,17,18,19). The van der Waals surface area contributed by atoms with Gasteiger partial charge in [0.2, 0.25) is 0 Å². The molecule has 0 aromatic carbocycles. The summed E-state index contributed by atoms with van der Waals surface area (Å²) < 4.78 is 4.90. The second kappa shape index (κ2) is 15.1. The van der Waals surface area contributed by atoms with Crippen LogP contribution in [0.15, 0.2) is 4.99 Å². The van der Waals surface area contributed by atoms with Crippen molar-refractivity contribution in [2.45, 2.75) is 65.7 Å². The quantitative estimate of drug-likeness (QED) is 0.252. The lowest BCUT2D eigenvalue weighted by molar-refractivity contribution is -0.143. The Morgan fingerprint density at radius 2 is 1.76 bits per heavy atom. The molecule has 2 N–H and O–H groups in total. The first-order valence-electron chi connectivity index (χ1n) is 8.42. The summed E-state index contributed by atoms with van der Waals surface area (Å²) in [6.07, 6.45) is 7.04. The Hall–Kier alpha value is -1.26. The Morgan fingerprint density at radius 3 is 2.43 bits per heavy atom. The number of unbranched alkanes of at least 4 members (excludes halogenated alkanes) is 4. The van der Waals surface area contributed by atoms with Crippen LogP contribution in [-0.4, -0.2) is 38.2 Å². The van der Waals surface area contributed by atoms with E-state index in [4.69, 9.17) is 4.74 Å². The number of nitrogens with one attached hydrogen (secondary N) is 2. The highest BCUT2D eigenvalue weighted by Crippen LogP contribution is 2.04. The molecule has 0 aromatic rings. The van der Waals surface area contributed by atoms with Gasteiger partial charge >= 0.3 is 5.97 Å². The van der Waals surface area contributed by atoms with E-state index in [1.165, 1.54) is 6.42 Å². The largest absolute Gasteiger partial charge is 0.466 e. The molecule has 0 aliphatic carbocycles. The molecule has 0 aliphatic heterocycles. The average molecular weight is 299 g/mol. The van der Waals surface area contributed by atoms with Crippen molar-refractivity contribution in [3.63, 3.8) is 0 Å². The average Bonchev–Trinajstić information content (AvgIpc) is 2.46. The van der Waals surface area contributed by atoms with Crippen molar-refractivity contribution in [2.75, 3.05) is 26.2 Å². The number of esters is 1. The van der Waals surface area contributed by atoms with Crippen LogP contribution in [-0.2, 0) is 9.53 Å². The number of ether oxygens (including phenoxy) is 1. The zero-order valence-corrected chi connectivity index (χ0v) is 14.0. The third-order valence-electron chi connectivity index (χ3n) is 3.03. The molecule has 0 aromatic heterocycles. The van der Waals surface area contributed by atoms with Gasteiger partial charge in [0.05, 0.1) is 6.61 Å². The smallest absolute Gasteiger partial charge is 0.305 e. The van der Waals surface area contributed by atoms with Crippen molar-refractivity contribution in [1.29, 1.82) is 0 Å². The first-order chi connectivity index (χ1) is 10.2. The van der Waals surface area contributed by atoms with Crippen LogP contribution in [0.1, 0.15) is 65.7 Å². The van der Waals surface area contributed by atoms with Gasteiger partial charge in [0, 0.05) is 26.1 Å². The van der Waals surface area contributed by atoms with E-state index in [-0.39, 0.29) is 5.97 Å². The van der Waals surface area contributed by atoms with Crippen molar-refractivity contribution in [1.82, 2.24) is 10.6 Å². The minimum absolute atomic E-state index is 0.0786. The third kappa shape index (κ3) is 13.5. The first-order valence-corrected chi connectivity index (χ1v) is 8.42. The van der Waals surface area contributed by atoms with Crippen LogP contribution in [0.2, 0.25) is 0 Å². The van der Waals surface area contributed by atoms with E-state index in [9.17, 15) is 4.79 Å². The minimum Gasteiger partial charge on any atom is -0.466 e. The molecule has 5 nitrogen and oxygen atoms in total. The number of carbonyl (C=O) groups is 1. The predicted octanol–water partition coefficient (Wildman–Crippen LogP) is 2.86. The Morgan fingerprint density at radius 1 is 1.00 bits per heavy atom. The van der Waals surface area contributed by atoms with E-state index in [0.717, 1.165) is 57.7 Å². The van der Waals surface area contributed by atoms with Crippen molar-refractivity contribution in [2.24, 2.45) is 4.99 Å². The highest BCUT2D eigenvalue weighted by Gasteiger charge is 2.00. The Labute approximate surface area is 129 Å². The lowest BCUT2D eigenvalue weighted by Gasteiger charge is -2.10. The van der Waals surface area contributed by atoms with E-state index < -0.39 is 0 Å².